The van der Waals surface area contributed by atoms with Gasteiger partial charge in [0.25, 0.3) is 11.8 Å². The van der Waals surface area contributed by atoms with Crippen LogP contribution in [-0.4, -0.2) is 70.8 Å². The molecule has 2 aromatic carbocycles. The van der Waals surface area contributed by atoms with Crippen LogP contribution in [0.3, 0.4) is 0 Å². The Balaban J connectivity index is 1.20. The fourth-order valence-corrected chi connectivity index (χ4v) is 6.21. The minimum atomic E-state index is -3.96. The van der Waals surface area contributed by atoms with E-state index in [0.717, 1.165) is 12.8 Å². The van der Waals surface area contributed by atoms with E-state index < -0.39 is 25.8 Å². The third-order valence-electron chi connectivity index (χ3n) is 7.28. The smallest absolute Gasteiger partial charge is 0.383 e. The van der Waals surface area contributed by atoms with E-state index in [1.807, 2.05) is 12.1 Å². The molecule has 2 N–H and O–H groups in total. The van der Waals surface area contributed by atoms with Crippen molar-refractivity contribution in [2.24, 2.45) is 11.7 Å². The average molecular weight is 570 g/mol. The van der Waals surface area contributed by atoms with Crippen molar-refractivity contribution >= 4 is 30.4 Å². The zero-order chi connectivity index (χ0) is 27.9. The number of phosphoric acid groups is 1. The summed E-state index contributed by atoms with van der Waals surface area (Å²) in [5, 5.41) is 9.62. The minimum absolute atomic E-state index is 0.0222. The average Bonchev–Trinajstić information content (AvgIpc) is 3.80. The van der Waals surface area contributed by atoms with Gasteiger partial charge in [-0.1, -0.05) is 24.3 Å². The number of carbonyl (C=O) groups is 2. The number of amides is 2. The zero-order valence-corrected chi connectivity index (χ0v) is 22.6. The molecule has 2 saturated heterocycles. The minimum Gasteiger partial charge on any atom is -0.383 e. The monoisotopic (exact) mass is 569 g/mol. The summed E-state index contributed by atoms with van der Waals surface area (Å²) < 4.78 is 43.6. The standard InChI is InChI=1S/C27H29FN5O6P/c28-22-8-5-17(15-21(22)27(35)33-12-10-32(11-13-33)26(34)18-6-7-18)16-23-19-3-1-2-4-20(19)25(31-30-23)39-40(36)37-14-9-24(29)38-40/h1-5,8,15,18,24H,6-7,9-14,16,29H2. The highest BCUT2D eigenvalue weighted by Crippen LogP contribution is 2.53. The van der Waals surface area contributed by atoms with E-state index in [2.05, 4.69) is 10.2 Å². The highest BCUT2D eigenvalue weighted by molar-refractivity contribution is 7.49. The van der Waals surface area contributed by atoms with Crippen LogP contribution in [0.15, 0.2) is 42.5 Å². The summed E-state index contributed by atoms with van der Waals surface area (Å²) in [7, 11) is -3.96. The van der Waals surface area contributed by atoms with Gasteiger partial charge in [0.05, 0.1) is 17.9 Å². The number of hydrogen-bond donors (Lipinski definition) is 1. The Morgan fingerprint density at radius 1 is 1.02 bits per heavy atom. The number of phosphoric ester groups is 1. The molecule has 13 heteroatoms. The van der Waals surface area contributed by atoms with Crippen molar-refractivity contribution in [2.75, 3.05) is 32.8 Å². The van der Waals surface area contributed by atoms with Crippen molar-refractivity contribution < 1.29 is 32.1 Å². The van der Waals surface area contributed by atoms with Gasteiger partial charge in [0, 0.05) is 55.7 Å². The maximum Gasteiger partial charge on any atom is 0.532 e. The molecule has 210 valence electrons. The SMILES string of the molecule is NC1CCOP(=O)(Oc2nnc(Cc3ccc(F)c(C(=O)N4CCN(C(=O)C5CC5)CC4)c3)c3ccccc23)O1. The molecule has 40 heavy (non-hydrogen) atoms. The molecule has 11 nitrogen and oxygen atoms in total. The zero-order valence-electron chi connectivity index (χ0n) is 21.7. The van der Waals surface area contributed by atoms with Crippen molar-refractivity contribution in [1.29, 1.82) is 0 Å². The summed E-state index contributed by atoms with van der Waals surface area (Å²) in [6, 6.07) is 11.6. The lowest BCUT2D eigenvalue weighted by Crippen LogP contribution is -2.51. The van der Waals surface area contributed by atoms with Gasteiger partial charge >= 0.3 is 7.82 Å². The molecule has 3 heterocycles. The van der Waals surface area contributed by atoms with Gasteiger partial charge in [0.2, 0.25) is 5.91 Å². The molecule has 6 rings (SSSR count). The first kappa shape index (κ1) is 26.8. The molecular weight excluding hydrogens is 540 g/mol. The third-order valence-corrected chi connectivity index (χ3v) is 8.71. The molecule has 1 aliphatic carbocycles. The number of nitrogens with two attached hydrogens (primary N) is 1. The first-order chi connectivity index (χ1) is 19.3. The third kappa shape index (κ3) is 5.57. The number of benzene rings is 2. The summed E-state index contributed by atoms with van der Waals surface area (Å²) in [5.41, 5.74) is 6.94. The first-order valence-electron chi connectivity index (χ1n) is 13.3. The number of aromatic nitrogens is 2. The predicted molar refractivity (Wildman–Crippen MR) is 142 cm³/mol. The Morgan fingerprint density at radius 2 is 1.75 bits per heavy atom. The van der Waals surface area contributed by atoms with Gasteiger partial charge in [-0.05, 0) is 36.6 Å². The van der Waals surface area contributed by atoms with Crippen LogP contribution in [0.2, 0.25) is 0 Å². The molecule has 1 saturated carbocycles. The molecule has 3 fully saturated rings. The highest BCUT2D eigenvalue weighted by atomic mass is 31.2. The van der Waals surface area contributed by atoms with Gasteiger partial charge in [0.1, 0.15) is 12.0 Å². The molecule has 0 bridgehead atoms. The van der Waals surface area contributed by atoms with E-state index >= 15 is 0 Å². The van der Waals surface area contributed by atoms with Gasteiger partial charge in [-0.15, -0.1) is 5.10 Å². The number of rotatable bonds is 6. The van der Waals surface area contributed by atoms with E-state index in [4.69, 9.17) is 19.3 Å². The lowest BCUT2D eigenvalue weighted by atomic mass is 10.0. The Hall–Kier alpha value is -3.44. The summed E-state index contributed by atoms with van der Waals surface area (Å²) in [6.45, 7) is 1.75. The molecular formula is C27H29FN5O6P. The molecule has 3 aromatic rings. The highest BCUT2D eigenvalue weighted by Gasteiger charge is 2.37. The molecule has 0 spiro atoms. The van der Waals surface area contributed by atoms with Gasteiger partial charge in [-0.3, -0.25) is 18.6 Å². The Kier molecular flexibility index (Phi) is 7.26. The fraction of sp³-hybridized carbons (Fsp3) is 0.407. The summed E-state index contributed by atoms with van der Waals surface area (Å²) in [5.74, 6) is -0.759. The quantitative estimate of drug-likeness (QED) is 0.444. The van der Waals surface area contributed by atoms with Crippen LogP contribution in [0, 0.1) is 11.7 Å². The maximum atomic E-state index is 14.8. The van der Waals surface area contributed by atoms with Gasteiger partial charge in [0.15, 0.2) is 0 Å². The molecule has 2 unspecified atom stereocenters. The largest absolute Gasteiger partial charge is 0.532 e. The second-order valence-corrected chi connectivity index (χ2v) is 11.7. The maximum absolute atomic E-state index is 14.8. The van der Waals surface area contributed by atoms with Gasteiger partial charge < -0.3 is 20.1 Å². The van der Waals surface area contributed by atoms with Gasteiger partial charge in [-0.2, -0.15) is 5.10 Å². The van der Waals surface area contributed by atoms with E-state index in [1.165, 1.54) is 12.1 Å². The summed E-state index contributed by atoms with van der Waals surface area (Å²) >= 11 is 0. The van der Waals surface area contributed by atoms with Crippen molar-refractivity contribution in [3.8, 4) is 5.88 Å². The van der Waals surface area contributed by atoms with Crippen molar-refractivity contribution in [1.82, 2.24) is 20.0 Å². The van der Waals surface area contributed by atoms with Crippen molar-refractivity contribution in [3.63, 3.8) is 0 Å². The van der Waals surface area contributed by atoms with E-state index in [9.17, 15) is 18.5 Å². The lowest BCUT2D eigenvalue weighted by Gasteiger charge is -2.35. The molecule has 2 atom stereocenters. The summed E-state index contributed by atoms with van der Waals surface area (Å²) in [4.78, 5) is 28.9. The van der Waals surface area contributed by atoms with Crippen LogP contribution in [0.5, 0.6) is 5.88 Å². The fourth-order valence-electron chi connectivity index (χ4n) is 4.94. The number of carbonyl (C=O) groups excluding carboxylic acids is 2. The van der Waals surface area contributed by atoms with Crippen molar-refractivity contribution in [2.45, 2.75) is 31.9 Å². The van der Waals surface area contributed by atoms with Crippen molar-refractivity contribution in [3.05, 3.63) is 65.1 Å². The predicted octanol–water partition coefficient (Wildman–Crippen LogP) is 3.26. The first-order valence-corrected chi connectivity index (χ1v) is 14.7. The molecule has 2 aliphatic heterocycles. The number of piperazine rings is 1. The Bertz CT molecular complexity index is 1510. The normalized spacial score (nSPS) is 23.3. The van der Waals surface area contributed by atoms with Crippen LogP contribution in [0.25, 0.3) is 10.8 Å². The van der Waals surface area contributed by atoms with Crippen LogP contribution in [-0.2, 0) is 24.8 Å². The Labute approximate surface area is 230 Å². The lowest BCUT2D eigenvalue weighted by molar-refractivity contribution is -0.134. The van der Waals surface area contributed by atoms with E-state index in [0.29, 0.717) is 54.6 Å². The number of nitrogens with zero attached hydrogens (tertiary/aromatic N) is 4. The molecule has 0 radical (unpaired) electrons. The number of hydrogen-bond acceptors (Lipinski definition) is 9. The number of fused-ring (bicyclic) bond motifs is 1. The second kappa shape index (κ2) is 10.9. The topological polar surface area (TPSA) is 137 Å². The molecule has 3 aliphatic rings. The van der Waals surface area contributed by atoms with Crippen LogP contribution < -0.4 is 10.3 Å². The van der Waals surface area contributed by atoms with Crippen LogP contribution in [0.4, 0.5) is 4.39 Å². The summed E-state index contributed by atoms with van der Waals surface area (Å²) in [6.07, 6.45) is 1.74. The van der Waals surface area contributed by atoms with Crippen LogP contribution in [0.1, 0.15) is 40.9 Å². The van der Waals surface area contributed by atoms with Gasteiger partial charge in [-0.25, -0.2) is 8.96 Å². The molecule has 1 aromatic heterocycles. The molecule has 2 amide bonds. The van der Waals surface area contributed by atoms with E-state index in [-0.39, 0.29) is 36.3 Å². The van der Waals surface area contributed by atoms with E-state index in [1.54, 1.807) is 28.0 Å². The second-order valence-electron chi connectivity index (χ2n) is 10.2. The number of halogens is 1. The van der Waals surface area contributed by atoms with Crippen LogP contribution >= 0.6 is 7.82 Å². The Morgan fingerprint density at radius 3 is 2.48 bits per heavy atom.